The van der Waals surface area contributed by atoms with Crippen LogP contribution >= 0.6 is 0 Å². The van der Waals surface area contributed by atoms with Crippen molar-refractivity contribution >= 4 is 0 Å². The second-order valence-corrected chi connectivity index (χ2v) is 8.25. The molecule has 2 rings (SSSR count). The molecule has 0 aromatic carbocycles. The molecule has 2 unspecified atom stereocenters. The Kier molecular flexibility index (Phi) is 10.6. The third-order valence-corrected chi connectivity index (χ3v) is 6.06. The van der Waals surface area contributed by atoms with Crippen molar-refractivity contribution in [3.05, 3.63) is 46.5 Å². The van der Waals surface area contributed by atoms with Crippen LogP contribution < -0.4 is 0 Å². The van der Waals surface area contributed by atoms with Crippen LogP contribution in [0, 0.1) is 5.92 Å². The van der Waals surface area contributed by atoms with Gasteiger partial charge < -0.3 is 14.2 Å². The molecule has 5 heteroatoms. The summed E-state index contributed by atoms with van der Waals surface area (Å²) in [7, 11) is 1.34. The average Bonchev–Trinajstić information content (AvgIpc) is 2.78. The van der Waals surface area contributed by atoms with Crippen molar-refractivity contribution in [3.8, 4) is 0 Å². The largest absolute Gasteiger partial charge is 0.498 e. The van der Waals surface area contributed by atoms with Gasteiger partial charge in [-0.3, -0.25) is 0 Å². The van der Waals surface area contributed by atoms with Gasteiger partial charge in [-0.1, -0.05) is 39.2 Å². The molecule has 2 aliphatic rings. The van der Waals surface area contributed by atoms with Crippen LogP contribution in [0.4, 0.5) is 8.78 Å². The third kappa shape index (κ3) is 7.26. The van der Waals surface area contributed by atoms with Crippen molar-refractivity contribution in [1.82, 2.24) is 0 Å². The van der Waals surface area contributed by atoms with Crippen molar-refractivity contribution in [3.63, 3.8) is 0 Å². The van der Waals surface area contributed by atoms with E-state index in [9.17, 15) is 8.78 Å². The highest BCUT2D eigenvalue weighted by molar-refractivity contribution is 5.43. The molecule has 0 aromatic heterocycles. The molecule has 2 atom stereocenters. The minimum Gasteiger partial charge on any atom is -0.498 e. The highest BCUT2D eigenvalue weighted by Crippen LogP contribution is 2.33. The van der Waals surface area contributed by atoms with E-state index in [4.69, 9.17) is 14.2 Å². The number of hydrogen-bond acceptors (Lipinski definition) is 3. The Bertz CT molecular complexity index is 668. The van der Waals surface area contributed by atoms with Crippen LogP contribution in [0.2, 0.25) is 0 Å². The van der Waals surface area contributed by atoms with Crippen LogP contribution in [0.3, 0.4) is 0 Å². The predicted molar refractivity (Wildman–Crippen MR) is 117 cm³/mol. The van der Waals surface area contributed by atoms with Crippen LogP contribution in [-0.2, 0) is 14.2 Å². The number of unbranched alkanes of at least 4 members (excludes halogenated alkanes) is 2. The number of halogens is 2. The van der Waals surface area contributed by atoms with E-state index in [1.54, 1.807) is 0 Å². The SMILES string of the molecule is CCCCCC1CCC(COC2=CC=C(/C(CC)=C(F)/C(F)=C(\C)OC)CC2)OC1. The van der Waals surface area contributed by atoms with Crippen molar-refractivity contribution in [2.75, 3.05) is 20.3 Å². The van der Waals surface area contributed by atoms with Crippen LogP contribution in [0.15, 0.2) is 46.5 Å². The molecule has 0 bridgehead atoms. The lowest BCUT2D eigenvalue weighted by molar-refractivity contribution is -0.0517. The fourth-order valence-electron chi connectivity index (χ4n) is 3.99. The fraction of sp³-hybridized carbons (Fsp3) is 0.680. The Balaban J connectivity index is 1.87. The lowest BCUT2D eigenvalue weighted by atomic mass is 9.93. The smallest absolute Gasteiger partial charge is 0.196 e. The monoisotopic (exact) mass is 424 g/mol. The summed E-state index contributed by atoms with van der Waals surface area (Å²) in [6.07, 6.45) is 13.0. The summed E-state index contributed by atoms with van der Waals surface area (Å²) in [4.78, 5) is 0. The van der Waals surface area contributed by atoms with Crippen LogP contribution in [-0.4, -0.2) is 26.4 Å². The Morgan fingerprint density at radius 1 is 1.10 bits per heavy atom. The quantitative estimate of drug-likeness (QED) is 0.196. The van der Waals surface area contributed by atoms with Gasteiger partial charge in [-0.2, -0.15) is 0 Å². The van der Waals surface area contributed by atoms with Crippen molar-refractivity contribution in [1.29, 1.82) is 0 Å². The lowest BCUT2D eigenvalue weighted by Crippen LogP contribution is -2.29. The van der Waals surface area contributed by atoms with Crippen LogP contribution in [0.5, 0.6) is 0 Å². The number of hydrogen-bond donors (Lipinski definition) is 0. The summed E-state index contributed by atoms with van der Waals surface area (Å²) in [5.74, 6) is -0.229. The van der Waals surface area contributed by atoms with E-state index in [1.165, 1.54) is 46.1 Å². The molecule has 1 fully saturated rings. The second-order valence-electron chi connectivity index (χ2n) is 8.25. The Hall–Kier alpha value is -1.62. The van der Waals surface area contributed by atoms with Crippen LogP contribution in [0.1, 0.15) is 78.6 Å². The molecule has 0 spiro atoms. The van der Waals surface area contributed by atoms with E-state index in [-0.39, 0.29) is 11.9 Å². The molecular weight excluding hydrogens is 386 g/mol. The molecule has 0 amide bonds. The van der Waals surface area contributed by atoms with Gasteiger partial charge in [0.25, 0.3) is 0 Å². The highest BCUT2D eigenvalue weighted by Gasteiger charge is 2.23. The molecule has 1 heterocycles. The first-order valence-electron chi connectivity index (χ1n) is 11.4. The zero-order valence-electron chi connectivity index (χ0n) is 19.1. The zero-order chi connectivity index (χ0) is 21.9. The maximum atomic E-state index is 14.6. The van der Waals surface area contributed by atoms with E-state index in [0.29, 0.717) is 37.4 Å². The van der Waals surface area contributed by atoms with Gasteiger partial charge in [0.15, 0.2) is 11.7 Å². The predicted octanol–water partition coefficient (Wildman–Crippen LogP) is 7.46. The van der Waals surface area contributed by atoms with Gasteiger partial charge in [0, 0.05) is 13.0 Å². The third-order valence-electron chi connectivity index (χ3n) is 6.06. The summed E-state index contributed by atoms with van der Waals surface area (Å²) < 4.78 is 45.5. The number of rotatable bonds is 11. The van der Waals surface area contributed by atoms with E-state index in [2.05, 4.69) is 6.92 Å². The molecule has 1 aliphatic carbocycles. The first-order valence-corrected chi connectivity index (χ1v) is 11.4. The van der Waals surface area contributed by atoms with Crippen LogP contribution in [0.25, 0.3) is 0 Å². The lowest BCUT2D eigenvalue weighted by Gasteiger charge is -2.29. The van der Waals surface area contributed by atoms with Crippen molar-refractivity contribution < 1.29 is 23.0 Å². The fourth-order valence-corrected chi connectivity index (χ4v) is 3.99. The van der Waals surface area contributed by atoms with Gasteiger partial charge in [0.1, 0.15) is 12.4 Å². The first kappa shape index (κ1) is 24.6. The van der Waals surface area contributed by atoms with E-state index >= 15 is 0 Å². The van der Waals surface area contributed by atoms with Gasteiger partial charge in [-0.15, -0.1) is 0 Å². The minimum atomic E-state index is -0.927. The molecule has 170 valence electrons. The molecule has 1 aliphatic heterocycles. The van der Waals surface area contributed by atoms with Crippen molar-refractivity contribution in [2.45, 2.75) is 84.7 Å². The normalized spacial score (nSPS) is 23.8. The summed E-state index contributed by atoms with van der Waals surface area (Å²) >= 11 is 0. The summed E-state index contributed by atoms with van der Waals surface area (Å²) in [6.45, 7) is 6.88. The Morgan fingerprint density at radius 2 is 1.90 bits per heavy atom. The number of methoxy groups -OCH3 is 1. The molecule has 0 N–H and O–H groups in total. The van der Waals surface area contributed by atoms with Gasteiger partial charge in [0.05, 0.1) is 19.0 Å². The Morgan fingerprint density at radius 3 is 2.47 bits per heavy atom. The minimum absolute atomic E-state index is 0.0468. The summed E-state index contributed by atoms with van der Waals surface area (Å²) in [5, 5.41) is 0. The molecule has 0 saturated carbocycles. The van der Waals surface area contributed by atoms with E-state index < -0.39 is 11.7 Å². The molecular formula is C25H38F2O3. The molecule has 0 aromatic rings. The Labute approximate surface area is 180 Å². The summed E-state index contributed by atoms with van der Waals surface area (Å²) in [5.41, 5.74) is 1.20. The molecule has 1 saturated heterocycles. The zero-order valence-corrected chi connectivity index (χ0v) is 19.1. The maximum absolute atomic E-state index is 14.6. The van der Waals surface area contributed by atoms with Gasteiger partial charge >= 0.3 is 0 Å². The van der Waals surface area contributed by atoms with Gasteiger partial charge in [-0.25, -0.2) is 8.78 Å². The molecule has 3 nitrogen and oxygen atoms in total. The van der Waals surface area contributed by atoms with E-state index in [0.717, 1.165) is 24.4 Å². The molecule has 30 heavy (non-hydrogen) atoms. The standard InChI is InChI=1S/C25H38F2O3/c1-5-7-8-9-19-10-13-22(29-16-19)17-30-21-14-11-20(12-15-21)23(6-2)25(27)24(26)18(3)28-4/h11,14,19,22H,5-10,12-13,15-17H2,1-4H3/b24-18-,25-23-. The average molecular weight is 425 g/mol. The highest BCUT2D eigenvalue weighted by atomic mass is 19.2. The van der Waals surface area contributed by atoms with Crippen molar-refractivity contribution in [2.24, 2.45) is 5.92 Å². The summed E-state index contributed by atoms with van der Waals surface area (Å²) in [6, 6.07) is 0. The first-order chi connectivity index (χ1) is 14.5. The second kappa shape index (κ2) is 12.9. The number of allylic oxidation sites excluding steroid dienone is 8. The van der Waals surface area contributed by atoms with Gasteiger partial charge in [0.2, 0.25) is 0 Å². The topological polar surface area (TPSA) is 27.7 Å². The maximum Gasteiger partial charge on any atom is 0.196 e. The van der Waals surface area contributed by atoms with Gasteiger partial charge in [-0.05, 0) is 62.2 Å². The van der Waals surface area contributed by atoms with E-state index in [1.807, 2.05) is 19.1 Å². The molecule has 0 radical (unpaired) electrons. The number of ether oxygens (including phenoxy) is 3.